The molecule has 0 fully saturated rings. The van der Waals surface area contributed by atoms with Crippen LogP contribution in [0.4, 0.5) is 0 Å². The number of phenols is 1. The maximum atomic E-state index is 12.5. The third-order valence-electron chi connectivity index (χ3n) is 3.43. The van der Waals surface area contributed by atoms with Gasteiger partial charge < -0.3 is 15.3 Å². The lowest BCUT2D eigenvalue weighted by Gasteiger charge is -2.21. The van der Waals surface area contributed by atoms with Crippen molar-refractivity contribution < 1.29 is 14.7 Å². The van der Waals surface area contributed by atoms with Crippen molar-refractivity contribution in [2.24, 2.45) is 0 Å². The first kappa shape index (κ1) is 17.0. The molecule has 0 saturated heterocycles. The number of rotatable bonds is 6. The largest absolute Gasteiger partial charge is 0.507 e. The number of carbonyl (C=O) groups excluding carboxylic acids is 2. The Morgan fingerprint density at radius 3 is 2.70 bits per heavy atom. The van der Waals surface area contributed by atoms with Gasteiger partial charge in [0.25, 0.3) is 5.91 Å². The van der Waals surface area contributed by atoms with Crippen molar-refractivity contribution in [2.75, 3.05) is 13.1 Å². The van der Waals surface area contributed by atoms with E-state index >= 15 is 0 Å². The van der Waals surface area contributed by atoms with Crippen LogP contribution in [0.1, 0.15) is 27.7 Å². The Hall–Kier alpha value is -2.34. The Kier molecular flexibility index (Phi) is 5.76. The Morgan fingerprint density at radius 1 is 1.30 bits per heavy atom. The third kappa shape index (κ3) is 4.56. The summed E-state index contributed by atoms with van der Waals surface area (Å²) >= 11 is 1.57. The number of hydrogen-bond acceptors (Lipinski definition) is 4. The van der Waals surface area contributed by atoms with Gasteiger partial charge in [-0.1, -0.05) is 12.1 Å². The molecule has 0 saturated carbocycles. The number of aromatic hydroxyl groups is 1. The second-order valence-electron chi connectivity index (χ2n) is 5.20. The predicted molar refractivity (Wildman–Crippen MR) is 90.6 cm³/mol. The highest BCUT2D eigenvalue weighted by Crippen LogP contribution is 2.20. The molecule has 2 aromatic rings. The molecule has 23 heavy (non-hydrogen) atoms. The zero-order valence-electron chi connectivity index (χ0n) is 13.2. The van der Waals surface area contributed by atoms with Crippen molar-refractivity contribution in [3.63, 3.8) is 0 Å². The van der Waals surface area contributed by atoms with Crippen molar-refractivity contribution in [3.8, 4) is 5.75 Å². The number of benzene rings is 1. The molecule has 1 heterocycles. The minimum Gasteiger partial charge on any atom is -0.507 e. The lowest BCUT2D eigenvalue weighted by molar-refractivity contribution is -0.121. The smallest absolute Gasteiger partial charge is 0.258 e. The molecule has 1 aromatic heterocycles. The van der Waals surface area contributed by atoms with E-state index in [0.29, 0.717) is 13.1 Å². The maximum Gasteiger partial charge on any atom is 0.258 e. The van der Waals surface area contributed by atoms with E-state index in [9.17, 15) is 14.7 Å². The van der Waals surface area contributed by atoms with Crippen LogP contribution in [-0.2, 0) is 11.3 Å². The topological polar surface area (TPSA) is 69.6 Å². The minimum absolute atomic E-state index is 0.0337. The summed E-state index contributed by atoms with van der Waals surface area (Å²) in [7, 11) is 0. The van der Waals surface area contributed by atoms with Gasteiger partial charge in [-0.2, -0.15) is 0 Å². The van der Waals surface area contributed by atoms with E-state index in [0.717, 1.165) is 10.4 Å². The number of amides is 2. The summed E-state index contributed by atoms with van der Waals surface area (Å²) in [5.74, 6) is -0.635. The van der Waals surface area contributed by atoms with Gasteiger partial charge in [0, 0.05) is 11.4 Å². The number of nitrogens with one attached hydrogen (secondary N) is 1. The van der Waals surface area contributed by atoms with E-state index in [1.54, 1.807) is 30.4 Å². The zero-order valence-corrected chi connectivity index (χ0v) is 14.0. The van der Waals surface area contributed by atoms with Gasteiger partial charge in [-0.25, -0.2) is 0 Å². The number of nitrogens with zero attached hydrogens (tertiary/aromatic N) is 1. The fourth-order valence-electron chi connectivity index (χ4n) is 2.15. The van der Waals surface area contributed by atoms with Gasteiger partial charge in [0.05, 0.1) is 18.7 Å². The summed E-state index contributed by atoms with van der Waals surface area (Å²) in [4.78, 5) is 27.0. The molecule has 6 heteroatoms. The molecule has 2 amide bonds. The highest BCUT2D eigenvalue weighted by Gasteiger charge is 2.20. The van der Waals surface area contributed by atoms with Crippen LogP contribution in [0.15, 0.2) is 35.7 Å². The van der Waals surface area contributed by atoms with Gasteiger partial charge in [-0.3, -0.25) is 9.59 Å². The summed E-state index contributed by atoms with van der Waals surface area (Å²) in [6.45, 7) is 4.45. The molecule has 2 N–H and O–H groups in total. The van der Waals surface area contributed by atoms with Crippen LogP contribution >= 0.6 is 11.3 Å². The molecule has 0 unspecified atom stereocenters. The standard InChI is InChI=1S/C17H20N2O3S/c1-3-19(11-16(21)18-10-13-5-4-8-23-13)17(22)14-7-6-12(2)9-15(14)20/h4-9,20H,3,10-11H2,1-2H3,(H,18,21). The summed E-state index contributed by atoms with van der Waals surface area (Å²) < 4.78 is 0. The number of carbonyl (C=O) groups is 2. The van der Waals surface area contributed by atoms with E-state index in [4.69, 9.17) is 0 Å². The van der Waals surface area contributed by atoms with Gasteiger partial charge in [-0.05, 0) is 43.0 Å². The minimum atomic E-state index is -0.351. The van der Waals surface area contributed by atoms with Gasteiger partial charge >= 0.3 is 0 Å². The molecule has 1 aromatic carbocycles. The van der Waals surface area contributed by atoms with Crippen molar-refractivity contribution in [1.82, 2.24) is 10.2 Å². The Labute approximate surface area is 139 Å². The Morgan fingerprint density at radius 2 is 2.09 bits per heavy atom. The van der Waals surface area contributed by atoms with Gasteiger partial charge in [0.15, 0.2) is 0 Å². The van der Waals surface area contributed by atoms with Crippen LogP contribution in [0, 0.1) is 6.92 Å². The molecule has 5 nitrogen and oxygen atoms in total. The average molecular weight is 332 g/mol. The fraction of sp³-hybridized carbons (Fsp3) is 0.294. The molecule has 0 radical (unpaired) electrons. The van der Waals surface area contributed by atoms with Crippen molar-refractivity contribution in [2.45, 2.75) is 20.4 Å². The molecule has 0 aliphatic heterocycles. The van der Waals surface area contributed by atoms with Crippen molar-refractivity contribution in [1.29, 1.82) is 0 Å². The van der Waals surface area contributed by atoms with E-state index in [-0.39, 0.29) is 29.7 Å². The van der Waals surface area contributed by atoms with E-state index in [1.165, 1.54) is 11.0 Å². The number of phenolic OH excluding ortho intramolecular Hbond substituents is 1. The van der Waals surface area contributed by atoms with Crippen LogP contribution in [0.5, 0.6) is 5.75 Å². The molecule has 0 bridgehead atoms. The highest BCUT2D eigenvalue weighted by atomic mass is 32.1. The maximum absolute atomic E-state index is 12.5. The third-order valence-corrected chi connectivity index (χ3v) is 4.30. The predicted octanol–water partition coefficient (Wildman–Crippen LogP) is 2.54. The van der Waals surface area contributed by atoms with Gasteiger partial charge in [-0.15, -0.1) is 11.3 Å². The lowest BCUT2D eigenvalue weighted by Crippen LogP contribution is -2.40. The van der Waals surface area contributed by atoms with E-state index in [1.807, 2.05) is 24.4 Å². The average Bonchev–Trinajstić information content (AvgIpc) is 3.03. The molecular weight excluding hydrogens is 312 g/mol. The number of aryl methyl sites for hydroxylation is 1. The Balaban J connectivity index is 1.98. The van der Waals surface area contributed by atoms with Crippen LogP contribution < -0.4 is 5.32 Å². The van der Waals surface area contributed by atoms with Crippen LogP contribution in [0.3, 0.4) is 0 Å². The summed E-state index contributed by atoms with van der Waals surface area (Å²) in [6.07, 6.45) is 0. The summed E-state index contributed by atoms with van der Waals surface area (Å²) in [6, 6.07) is 8.75. The lowest BCUT2D eigenvalue weighted by atomic mass is 10.1. The second-order valence-corrected chi connectivity index (χ2v) is 6.23. The Bertz CT molecular complexity index is 683. The van der Waals surface area contributed by atoms with E-state index in [2.05, 4.69) is 5.32 Å². The van der Waals surface area contributed by atoms with Crippen molar-refractivity contribution in [3.05, 3.63) is 51.7 Å². The quantitative estimate of drug-likeness (QED) is 0.854. The first-order valence-electron chi connectivity index (χ1n) is 7.39. The second kappa shape index (κ2) is 7.78. The molecule has 2 rings (SSSR count). The number of likely N-dealkylation sites (N-methyl/N-ethyl adjacent to an activating group) is 1. The van der Waals surface area contributed by atoms with E-state index < -0.39 is 0 Å². The summed E-state index contributed by atoms with van der Waals surface area (Å²) in [5.41, 5.74) is 1.08. The monoisotopic (exact) mass is 332 g/mol. The van der Waals surface area contributed by atoms with Crippen LogP contribution in [-0.4, -0.2) is 34.9 Å². The number of thiophene rings is 1. The summed E-state index contributed by atoms with van der Waals surface area (Å²) in [5, 5.41) is 14.7. The van der Waals surface area contributed by atoms with Crippen LogP contribution in [0.2, 0.25) is 0 Å². The van der Waals surface area contributed by atoms with Crippen molar-refractivity contribution >= 4 is 23.2 Å². The van der Waals surface area contributed by atoms with Gasteiger partial charge in [0.2, 0.25) is 5.91 Å². The molecule has 122 valence electrons. The molecule has 0 aliphatic rings. The zero-order chi connectivity index (χ0) is 16.8. The molecule has 0 atom stereocenters. The van der Waals surface area contributed by atoms with Gasteiger partial charge in [0.1, 0.15) is 5.75 Å². The number of hydrogen-bond donors (Lipinski definition) is 2. The first-order chi connectivity index (χ1) is 11.0. The molecule has 0 spiro atoms. The normalized spacial score (nSPS) is 10.3. The van der Waals surface area contributed by atoms with Crippen LogP contribution in [0.25, 0.3) is 0 Å². The highest BCUT2D eigenvalue weighted by molar-refractivity contribution is 7.09. The fourth-order valence-corrected chi connectivity index (χ4v) is 2.79. The SMILES string of the molecule is CCN(CC(=O)NCc1cccs1)C(=O)c1ccc(C)cc1O. The molecule has 0 aliphatic carbocycles. The first-order valence-corrected chi connectivity index (χ1v) is 8.27. The molecular formula is C17H20N2O3S.